The lowest BCUT2D eigenvalue weighted by atomic mass is 9.46. The standard InChI is InChI=1S/C21H31NO3/c1-20-9-7-17-15(16(20)4-5-18(20)24)3-2-13-12-14(23)6-10-21(13,17)19(25)8-11-22/h2,15-17,19,25H,3-12,22H2,1H3/t15-,16-,17-,19?,20-,21+/m0/s1. The van der Waals surface area contributed by atoms with Gasteiger partial charge in [-0.25, -0.2) is 0 Å². The monoisotopic (exact) mass is 345 g/mol. The van der Waals surface area contributed by atoms with Gasteiger partial charge in [0.1, 0.15) is 11.6 Å². The molecule has 3 saturated carbocycles. The summed E-state index contributed by atoms with van der Waals surface area (Å²) in [6.45, 7) is 2.65. The molecule has 25 heavy (non-hydrogen) atoms. The Morgan fingerprint density at radius 3 is 2.80 bits per heavy atom. The van der Waals surface area contributed by atoms with Crippen molar-refractivity contribution in [2.75, 3.05) is 6.54 Å². The van der Waals surface area contributed by atoms with Gasteiger partial charge < -0.3 is 10.8 Å². The van der Waals surface area contributed by atoms with Crippen molar-refractivity contribution in [3.05, 3.63) is 11.6 Å². The topological polar surface area (TPSA) is 80.4 Å². The Morgan fingerprint density at radius 1 is 1.24 bits per heavy atom. The lowest BCUT2D eigenvalue weighted by molar-refractivity contribution is -0.137. The molecule has 138 valence electrons. The van der Waals surface area contributed by atoms with E-state index < -0.39 is 6.10 Å². The lowest BCUT2D eigenvalue weighted by Crippen LogP contribution is -2.56. The van der Waals surface area contributed by atoms with Crippen molar-refractivity contribution in [2.45, 2.75) is 70.8 Å². The number of aliphatic hydroxyl groups excluding tert-OH is 1. The molecule has 4 rings (SSSR count). The minimum atomic E-state index is -0.467. The maximum Gasteiger partial charge on any atom is 0.139 e. The van der Waals surface area contributed by atoms with Crippen LogP contribution in [0.5, 0.6) is 0 Å². The molecule has 0 aromatic heterocycles. The molecule has 4 nitrogen and oxygen atoms in total. The molecule has 4 aliphatic carbocycles. The second kappa shape index (κ2) is 6.02. The summed E-state index contributed by atoms with van der Waals surface area (Å²) in [7, 11) is 0. The third-order valence-electron chi connectivity index (χ3n) is 8.28. The summed E-state index contributed by atoms with van der Waals surface area (Å²) in [5.41, 5.74) is 6.53. The number of ketones is 2. The number of rotatable bonds is 3. The molecule has 0 amide bonds. The van der Waals surface area contributed by atoms with Crippen LogP contribution < -0.4 is 5.73 Å². The molecule has 0 saturated heterocycles. The molecule has 0 aromatic carbocycles. The van der Waals surface area contributed by atoms with E-state index in [1.54, 1.807) is 0 Å². The van der Waals surface area contributed by atoms with E-state index in [0.717, 1.165) is 38.5 Å². The van der Waals surface area contributed by atoms with Gasteiger partial charge in [0.05, 0.1) is 6.10 Å². The number of Topliss-reactive ketones (excluding diaryl/α,β-unsaturated/α-hetero) is 2. The van der Waals surface area contributed by atoms with Gasteiger partial charge in [-0.1, -0.05) is 18.6 Å². The SMILES string of the molecule is C[C@]12CC[C@H]3[C@@H](CC=C4CC(=O)CC[C@@]43C(O)CCN)[C@@H]1CCC2=O. The fourth-order valence-corrected chi connectivity index (χ4v) is 7.01. The Kier molecular flexibility index (Phi) is 4.19. The van der Waals surface area contributed by atoms with Crippen molar-refractivity contribution in [3.8, 4) is 0 Å². The zero-order valence-electron chi connectivity index (χ0n) is 15.3. The van der Waals surface area contributed by atoms with Crippen LogP contribution in [0.1, 0.15) is 64.7 Å². The summed E-state index contributed by atoms with van der Waals surface area (Å²) >= 11 is 0. The number of allylic oxidation sites excluding steroid dienone is 1. The van der Waals surface area contributed by atoms with Crippen molar-refractivity contribution < 1.29 is 14.7 Å². The van der Waals surface area contributed by atoms with E-state index in [0.29, 0.717) is 55.1 Å². The minimum absolute atomic E-state index is 0.156. The van der Waals surface area contributed by atoms with Crippen LogP contribution in [0.2, 0.25) is 0 Å². The summed E-state index contributed by atoms with van der Waals surface area (Å²) < 4.78 is 0. The zero-order chi connectivity index (χ0) is 17.8. The summed E-state index contributed by atoms with van der Waals surface area (Å²) in [4.78, 5) is 24.6. The maximum absolute atomic E-state index is 12.5. The molecule has 3 N–H and O–H groups in total. The molecule has 3 fully saturated rings. The van der Waals surface area contributed by atoms with Crippen molar-refractivity contribution >= 4 is 11.6 Å². The molecule has 0 aromatic rings. The Bertz CT molecular complexity index is 627. The molecule has 4 heteroatoms. The average Bonchev–Trinajstić information content (AvgIpc) is 2.90. The highest BCUT2D eigenvalue weighted by atomic mass is 16.3. The Balaban J connectivity index is 1.75. The quantitative estimate of drug-likeness (QED) is 0.771. The van der Waals surface area contributed by atoms with Gasteiger partial charge in [-0.15, -0.1) is 0 Å². The fourth-order valence-electron chi connectivity index (χ4n) is 7.01. The second-order valence-corrected chi connectivity index (χ2v) is 9.11. The minimum Gasteiger partial charge on any atom is -0.392 e. The van der Waals surface area contributed by atoms with Gasteiger partial charge in [0.2, 0.25) is 0 Å². The van der Waals surface area contributed by atoms with Gasteiger partial charge in [0.25, 0.3) is 0 Å². The number of nitrogens with two attached hydrogens (primary N) is 1. The normalized spacial score (nSPS) is 44.6. The van der Waals surface area contributed by atoms with Crippen molar-refractivity contribution in [2.24, 2.45) is 34.3 Å². The molecule has 1 unspecified atom stereocenters. The van der Waals surface area contributed by atoms with Crippen LogP contribution in [0.3, 0.4) is 0 Å². The van der Waals surface area contributed by atoms with Gasteiger partial charge >= 0.3 is 0 Å². The van der Waals surface area contributed by atoms with Crippen LogP contribution in [0.4, 0.5) is 0 Å². The van der Waals surface area contributed by atoms with Gasteiger partial charge in [-0.05, 0) is 62.8 Å². The first kappa shape index (κ1) is 17.4. The Labute approximate surface area is 150 Å². The van der Waals surface area contributed by atoms with Gasteiger partial charge in [-0.3, -0.25) is 9.59 Å². The summed E-state index contributed by atoms with van der Waals surface area (Å²) in [6, 6.07) is 0. The van der Waals surface area contributed by atoms with Crippen LogP contribution in [0, 0.1) is 28.6 Å². The van der Waals surface area contributed by atoms with Crippen LogP contribution >= 0.6 is 0 Å². The van der Waals surface area contributed by atoms with Crippen LogP contribution in [0.15, 0.2) is 11.6 Å². The third kappa shape index (κ3) is 2.33. The van der Waals surface area contributed by atoms with Gasteiger partial charge in [0, 0.05) is 30.1 Å². The van der Waals surface area contributed by atoms with E-state index in [4.69, 9.17) is 5.73 Å². The molecule has 0 spiro atoms. The summed E-state index contributed by atoms with van der Waals surface area (Å²) in [5.74, 6) is 2.05. The first-order valence-electron chi connectivity index (χ1n) is 10.1. The zero-order valence-corrected chi connectivity index (χ0v) is 15.3. The van der Waals surface area contributed by atoms with Crippen LogP contribution in [0.25, 0.3) is 0 Å². The highest BCUT2D eigenvalue weighted by Crippen LogP contribution is 2.65. The molecule has 0 radical (unpaired) electrons. The smallest absolute Gasteiger partial charge is 0.139 e. The van der Waals surface area contributed by atoms with Crippen molar-refractivity contribution in [1.29, 1.82) is 0 Å². The molecule has 0 heterocycles. The first-order valence-corrected chi connectivity index (χ1v) is 10.1. The van der Waals surface area contributed by atoms with E-state index in [1.165, 1.54) is 5.57 Å². The van der Waals surface area contributed by atoms with Crippen LogP contribution in [-0.4, -0.2) is 29.3 Å². The molecule has 6 atom stereocenters. The predicted molar refractivity (Wildman–Crippen MR) is 95.7 cm³/mol. The van der Waals surface area contributed by atoms with Crippen molar-refractivity contribution in [3.63, 3.8) is 0 Å². The largest absolute Gasteiger partial charge is 0.392 e. The first-order chi connectivity index (χ1) is 11.9. The highest BCUT2D eigenvalue weighted by molar-refractivity contribution is 5.87. The van der Waals surface area contributed by atoms with Gasteiger partial charge in [-0.2, -0.15) is 0 Å². The number of hydrogen-bond donors (Lipinski definition) is 2. The average molecular weight is 345 g/mol. The summed E-state index contributed by atoms with van der Waals surface area (Å²) in [5, 5.41) is 11.1. The number of carbonyl (C=O) groups is 2. The number of carbonyl (C=O) groups excluding carboxylic acids is 2. The van der Waals surface area contributed by atoms with E-state index >= 15 is 0 Å². The summed E-state index contributed by atoms with van der Waals surface area (Å²) in [6.07, 6.45) is 8.85. The van der Waals surface area contributed by atoms with E-state index in [1.807, 2.05) is 0 Å². The van der Waals surface area contributed by atoms with E-state index in [-0.39, 0.29) is 10.8 Å². The Morgan fingerprint density at radius 2 is 2.04 bits per heavy atom. The van der Waals surface area contributed by atoms with Crippen LogP contribution in [-0.2, 0) is 9.59 Å². The van der Waals surface area contributed by atoms with Gasteiger partial charge in [0.15, 0.2) is 0 Å². The molecular formula is C21H31NO3. The third-order valence-corrected chi connectivity index (χ3v) is 8.28. The molecule has 4 aliphatic rings. The lowest BCUT2D eigenvalue weighted by Gasteiger charge is -2.58. The maximum atomic E-state index is 12.5. The van der Waals surface area contributed by atoms with E-state index in [9.17, 15) is 14.7 Å². The fraction of sp³-hybridized carbons (Fsp3) is 0.810. The Hall–Kier alpha value is -1.00. The second-order valence-electron chi connectivity index (χ2n) is 9.11. The van der Waals surface area contributed by atoms with Crippen molar-refractivity contribution in [1.82, 2.24) is 0 Å². The molecular weight excluding hydrogens is 314 g/mol. The van der Waals surface area contributed by atoms with E-state index in [2.05, 4.69) is 13.0 Å². The molecule has 0 aliphatic heterocycles. The number of aliphatic hydroxyl groups is 1. The molecule has 0 bridgehead atoms. The number of hydrogen-bond acceptors (Lipinski definition) is 4. The predicted octanol–water partition coefficient (Wildman–Crippen LogP) is 2.78. The number of fused-ring (bicyclic) bond motifs is 5. The highest BCUT2D eigenvalue weighted by Gasteiger charge is 2.61.